The van der Waals surface area contributed by atoms with Crippen molar-refractivity contribution in [2.75, 3.05) is 12.3 Å². The molecule has 0 aromatic carbocycles. The minimum absolute atomic E-state index is 0.201. The fourth-order valence-electron chi connectivity index (χ4n) is 2.68. The van der Waals surface area contributed by atoms with Gasteiger partial charge < -0.3 is 20.5 Å². The summed E-state index contributed by atoms with van der Waals surface area (Å²) in [5, 5.41) is 19.1. The summed E-state index contributed by atoms with van der Waals surface area (Å²) < 4.78 is 15.8. The van der Waals surface area contributed by atoms with Gasteiger partial charge in [-0.15, -0.1) is 0 Å². The number of hydrogen-bond acceptors (Lipinski definition) is 6. The first-order chi connectivity index (χ1) is 9.56. The monoisotopic (exact) mass is 279 g/mol. The van der Waals surface area contributed by atoms with Crippen molar-refractivity contribution in [2.24, 2.45) is 5.92 Å². The van der Waals surface area contributed by atoms with Crippen LogP contribution in [0.1, 0.15) is 6.04 Å². The van der Waals surface area contributed by atoms with Gasteiger partial charge in [0.1, 0.15) is 11.8 Å². The molecule has 1 aliphatic rings. The Bertz CT molecular complexity index is 673. The summed E-state index contributed by atoms with van der Waals surface area (Å²) >= 11 is 0. The van der Waals surface area contributed by atoms with Crippen molar-refractivity contribution in [2.45, 2.75) is 18.3 Å². The Morgan fingerprint density at radius 3 is 2.80 bits per heavy atom. The molecule has 0 aliphatic heterocycles. The van der Waals surface area contributed by atoms with Crippen LogP contribution < -0.4 is 5.73 Å². The molecule has 1 unspecified atom stereocenters. The van der Waals surface area contributed by atoms with E-state index in [0.717, 1.165) is 0 Å². The fraction of sp³-hybridized carbons (Fsp3) is 0.417. The first-order valence-electron chi connectivity index (χ1n) is 6.11. The molecule has 4 atom stereocenters. The molecule has 3 rings (SSSR count). The number of fused-ring (bicyclic) bond motifs is 1. The predicted molar refractivity (Wildman–Crippen MR) is 69.4 cm³/mol. The maximum Gasteiger partial charge on any atom is 0.166 e. The van der Waals surface area contributed by atoms with Crippen molar-refractivity contribution in [3.8, 4) is 0 Å². The topological polar surface area (TPSA) is 110 Å². The van der Waals surface area contributed by atoms with Gasteiger partial charge in [0.05, 0.1) is 25.1 Å². The standard InChI is InChI=1S/C12H14FN5O2/c1-5-6(2-19)10(20)7(13)9(5)18-4-17-8-11(14)15-3-16-12(8)18/h3-4,6-7,9-10,19-20H,1-2H2,(H2,14,15,16)/t6?,7-,9-,10-/m1/s1. The molecule has 106 valence electrons. The van der Waals surface area contributed by atoms with Crippen LogP contribution in [0.25, 0.3) is 11.2 Å². The van der Waals surface area contributed by atoms with E-state index >= 15 is 0 Å². The Labute approximate surface area is 113 Å². The van der Waals surface area contributed by atoms with E-state index in [1.165, 1.54) is 17.2 Å². The Kier molecular flexibility index (Phi) is 2.91. The number of hydrogen-bond donors (Lipinski definition) is 3. The number of nitrogen functional groups attached to an aromatic ring is 1. The number of nitrogens with zero attached hydrogens (tertiary/aromatic N) is 4. The number of halogens is 1. The van der Waals surface area contributed by atoms with Crippen LogP contribution in [0.2, 0.25) is 0 Å². The summed E-state index contributed by atoms with van der Waals surface area (Å²) in [7, 11) is 0. The second kappa shape index (κ2) is 4.50. The van der Waals surface area contributed by atoms with E-state index in [0.29, 0.717) is 16.7 Å². The lowest BCUT2D eigenvalue weighted by molar-refractivity contribution is 0.0426. The molecule has 4 N–H and O–H groups in total. The van der Waals surface area contributed by atoms with Crippen molar-refractivity contribution < 1.29 is 14.6 Å². The van der Waals surface area contributed by atoms with Gasteiger partial charge in [0.15, 0.2) is 17.6 Å². The third-order valence-corrected chi connectivity index (χ3v) is 3.78. The highest BCUT2D eigenvalue weighted by Crippen LogP contribution is 2.42. The molecule has 0 spiro atoms. The summed E-state index contributed by atoms with van der Waals surface area (Å²) in [4.78, 5) is 11.9. The second-order valence-electron chi connectivity index (χ2n) is 4.83. The van der Waals surface area contributed by atoms with Crippen LogP contribution >= 0.6 is 0 Å². The van der Waals surface area contributed by atoms with Crippen LogP contribution in [0.4, 0.5) is 10.2 Å². The third kappa shape index (κ3) is 1.61. The summed E-state index contributed by atoms with van der Waals surface area (Å²) in [6.45, 7) is 3.43. The lowest BCUT2D eigenvalue weighted by atomic mass is 10.0. The van der Waals surface area contributed by atoms with Gasteiger partial charge in [-0.2, -0.15) is 0 Å². The molecule has 1 fully saturated rings. The van der Waals surface area contributed by atoms with Crippen molar-refractivity contribution in [1.82, 2.24) is 19.5 Å². The molecule has 0 radical (unpaired) electrons. The van der Waals surface area contributed by atoms with Crippen LogP contribution in [0.3, 0.4) is 0 Å². The molecule has 2 aromatic rings. The highest BCUT2D eigenvalue weighted by atomic mass is 19.1. The Balaban J connectivity index is 2.12. The van der Waals surface area contributed by atoms with E-state index in [-0.39, 0.29) is 12.4 Å². The molecule has 1 aliphatic carbocycles. The summed E-state index contributed by atoms with van der Waals surface area (Å²) in [6.07, 6.45) is -0.229. The number of imidazole rings is 1. The van der Waals surface area contributed by atoms with Gasteiger partial charge >= 0.3 is 0 Å². The van der Waals surface area contributed by atoms with Gasteiger partial charge in [-0.3, -0.25) is 0 Å². The largest absolute Gasteiger partial charge is 0.396 e. The third-order valence-electron chi connectivity index (χ3n) is 3.78. The van der Waals surface area contributed by atoms with E-state index in [9.17, 15) is 14.6 Å². The second-order valence-corrected chi connectivity index (χ2v) is 4.83. The maximum absolute atomic E-state index is 14.3. The highest BCUT2D eigenvalue weighted by Gasteiger charge is 2.47. The van der Waals surface area contributed by atoms with Gasteiger partial charge in [0.2, 0.25) is 0 Å². The smallest absolute Gasteiger partial charge is 0.166 e. The molecule has 20 heavy (non-hydrogen) atoms. The van der Waals surface area contributed by atoms with E-state index in [4.69, 9.17) is 5.73 Å². The molecule has 0 amide bonds. The van der Waals surface area contributed by atoms with Crippen LogP contribution in [0, 0.1) is 5.92 Å². The van der Waals surface area contributed by atoms with Gasteiger partial charge in [-0.1, -0.05) is 6.58 Å². The summed E-state index contributed by atoms with van der Waals surface area (Å²) in [5.74, 6) is -0.501. The zero-order valence-electron chi connectivity index (χ0n) is 10.5. The normalized spacial score (nSPS) is 30.2. The van der Waals surface area contributed by atoms with Gasteiger partial charge in [0, 0.05) is 5.92 Å². The number of anilines is 1. The average molecular weight is 279 g/mol. The Hall–Kier alpha value is -2.06. The van der Waals surface area contributed by atoms with Crippen molar-refractivity contribution in [3.63, 3.8) is 0 Å². The first kappa shape index (κ1) is 12.9. The van der Waals surface area contributed by atoms with Gasteiger partial charge in [0.25, 0.3) is 0 Å². The lowest BCUT2D eigenvalue weighted by Gasteiger charge is -2.17. The minimum atomic E-state index is -1.59. The predicted octanol–water partition coefficient (Wildman–Crippen LogP) is -0.173. The van der Waals surface area contributed by atoms with E-state index in [1.54, 1.807) is 0 Å². The van der Waals surface area contributed by atoms with Crippen molar-refractivity contribution in [3.05, 3.63) is 24.8 Å². The molecule has 2 aromatic heterocycles. The van der Waals surface area contributed by atoms with Gasteiger partial charge in [-0.25, -0.2) is 19.3 Å². The molecule has 8 heteroatoms. The number of aromatic nitrogens is 4. The first-order valence-corrected chi connectivity index (χ1v) is 6.11. The average Bonchev–Trinajstić information content (AvgIpc) is 2.92. The van der Waals surface area contributed by atoms with Crippen LogP contribution in [-0.4, -0.2) is 48.6 Å². The van der Waals surface area contributed by atoms with E-state index < -0.39 is 24.2 Å². The Morgan fingerprint density at radius 1 is 1.40 bits per heavy atom. The number of aliphatic hydroxyl groups excluding tert-OH is 2. The SMILES string of the molecule is C=C1C(CO)[C@@H](O)[C@H](F)[C@@H]1n1cnc2c(N)ncnc21. The molecule has 2 heterocycles. The van der Waals surface area contributed by atoms with Crippen molar-refractivity contribution in [1.29, 1.82) is 0 Å². The highest BCUT2D eigenvalue weighted by molar-refractivity contribution is 5.81. The maximum atomic E-state index is 14.3. The summed E-state index contributed by atoms with van der Waals surface area (Å²) in [5.41, 5.74) is 6.83. The quantitative estimate of drug-likeness (QED) is 0.658. The van der Waals surface area contributed by atoms with E-state index in [1.807, 2.05) is 0 Å². The Morgan fingerprint density at radius 2 is 2.15 bits per heavy atom. The molecular weight excluding hydrogens is 265 g/mol. The molecule has 1 saturated carbocycles. The summed E-state index contributed by atoms with van der Waals surface area (Å²) in [6, 6.07) is -0.832. The number of aliphatic hydroxyl groups is 2. The zero-order chi connectivity index (χ0) is 14.4. The molecular formula is C12H14FN5O2. The van der Waals surface area contributed by atoms with Crippen LogP contribution in [0.5, 0.6) is 0 Å². The number of nitrogens with two attached hydrogens (primary N) is 1. The zero-order valence-corrected chi connectivity index (χ0v) is 10.5. The van der Waals surface area contributed by atoms with Crippen LogP contribution in [-0.2, 0) is 0 Å². The minimum Gasteiger partial charge on any atom is -0.396 e. The number of alkyl halides is 1. The van der Waals surface area contributed by atoms with Crippen molar-refractivity contribution >= 4 is 17.0 Å². The lowest BCUT2D eigenvalue weighted by Crippen LogP contribution is -2.26. The van der Waals surface area contributed by atoms with Gasteiger partial charge in [-0.05, 0) is 5.57 Å². The van der Waals surface area contributed by atoms with Crippen LogP contribution in [0.15, 0.2) is 24.8 Å². The fourth-order valence-corrected chi connectivity index (χ4v) is 2.68. The van der Waals surface area contributed by atoms with E-state index in [2.05, 4.69) is 21.5 Å². The number of rotatable bonds is 2. The molecule has 0 bridgehead atoms. The molecule has 0 saturated heterocycles. The molecule has 7 nitrogen and oxygen atoms in total.